The molecule has 0 aromatic carbocycles. The Bertz CT molecular complexity index is 376. The standard InChI is InChI=1S/C10H11N3/c1-7-12-9-4-2-3-8(9)10(13-7)5-6-11/h2-5H2,1H3. The predicted octanol–water partition coefficient (Wildman–Crippen LogP) is 1.34. The van der Waals surface area contributed by atoms with Gasteiger partial charge in [-0.15, -0.1) is 0 Å². The first-order valence-corrected chi connectivity index (χ1v) is 4.53. The van der Waals surface area contributed by atoms with Crippen LogP contribution in [0.3, 0.4) is 0 Å². The molecule has 0 unspecified atom stereocenters. The first kappa shape index (κ1) is 8.18. The molecule has 66 valence electrons. The molecular weight excluding hydrogens is 162 g/mol. The lowest BCUT2D eigenvalue weighted by atomic mass is 10.1. The number of nitrogens with zero attached hydrogens (tertiary/aromatic N) is 3. The van der Waals surface area contributed by atoms with Crippen LogP contribution in [-0.2, 0) is 19.3 Å². The van der Waals surface area contributed by atoms with Crippen molar-refractivity contribution in [3.8, 4) is 6.07 Å². The second kappa shape index (κ2) is 3.14. The molecule has 3 nitrogen and oxygen atoms in total. The molecular formula is C10H11N3. The molecule has 0 aliphatic heterocycles. The Hall–Kier alpha value is -1.43. The van der Waals surface area contributed by atoms with Gasteiger partial charge in [0.25, 0.3) is 0 Å². The summed E-state index contributed by atoms with van der Waals surface area (Å²) in [4.78, 5) is 8.68. The molecule has 0 saturated heterocycles. The van der Waals surface area contributed by atoms with Crippen LogP contribution in [0.2, 0.25) is 0 Å². The van der Waals surface area contributed by atoms with Gasteiger partial charge in [-0.05, 0) is 31.7 Å². The smallest absolute Gasteiger partial charge is 0.125 e. The average Bonchev–Trinajstić information content (AvgIpc) is 2.52. The largest absolute Gasteiger partial charge is 0.238 e. The number of hydrogen-bond donors (Lipinski definition) is 0. The molecule has 0 N–H and O–H groups in total. The van der Waals surface area contributed by atoms with Crippen molar-refractivity contribution in [2.75, 3.05) is 0 Å². The van der Waals surface area contributed by atoms with Gasteiger partial charge in [-0.2, -0.15) is 5.26 Å². The van der Waals surface area contributed by atoms with E-state index in [1.54, 1.807) is 0 Å². The summed E-state index contributed by atoms with van der Waals surface area (Å²) in [5, 5.41) is 8.63. The third-order valence-electron chi connectivity index (χ3n) is 2.38. The van der Waals surface area contributed by atoms with E-state index >= 15 is 0 Å². The number of nitriles is 1. The van der Waals surface area contributed by atoms with Gasteiger partial charge in [0.2, 0.25) is 0 Å². The van der Waals surface area contributed by atoms with Crippen LogP contribution in [-0.4, -0.2) is 9.97 Å². The van der Waals surface area contributed by atoms with Gasteiger partial charge in [0.15, 0.2) is 0 Å². The maximum atomic E-state index is 8.63. The average molecular weight is 173 g/mol. The molecule has 13 heavy (non-hydrogen) atoms. The number of rotatable bonds is 1. The second-order valence-corrected chi connectivity index (χ2v) is 3.33. The van der Waals surface area contributed by atoms with Crippen LogP contribution < -0.4 is 0 Å². The molecule has 2 rings (SSSR count). The Morgan fingerprint density at radius 3 is 3.00 bits per heavy atom. The van der Waals surface area contributed by atoms with Crippen molar-refractivity contribution in [1.29, 1.82) is 5.26 Å². The van der Waals surface area contributed by atoms with Crippen LogP contribution in [0.4, 0.5) is 0 Å². The van der Waals surface area contributed by atoms with Crippen molar-refractivity contribution in [1.82, 2.24) is 9.97 Å². The quantitative estimate of drug-likeness (QED) is 0.644. The summed E-state index contributed by atoms with van der Waals surface area (Å²) in [7, 11) is 0. The third-order valence-corrected chi connectivity index (χ3v) is 2.38. The number of aryl methyl sites for hydroxylation is 2. The Morgan fingerprint density at radius 2 is 2.23 bits per heavy atom. The van der Waals surface area contributed by atoms with E-state index in [2.05, 4.69) is 16.0 Å². The highest BCUT2D eigenvalue weighted by Gasteiger charge is 2.17. The van der Waals surface area contributed by atoms with Crippen LogP contribution in [0.15, 0.2) is 0 Å². The summed E-state index contributed by atoms with van der Waals surface area (Å²) in [5.41, 5.74) is 3.34. The summed E-state index contributed by atoms with van der Waals surface area (Å²) in [6, 6.07) is 2.15. The van der Waals surface area contributed by atoms with Gasteiger partial charge in [0.1, 0.15) is 5.82 Å². The Kier molecular flexibility index (Phi) is 1.97. The van der Waals surface area contributed by atoms with Crippen LogP contribution in [0.5, 0.6) is 0 Å². The summed E-state index contributed by atoms with van der Waals surface area (Å²) >= 11 is 0. The highest BCUT2D eigenvalue weighted by molar-refractivity contribution is 5.31. The molecule has 0 fully saturated rings. The molecule has 0 bridgehead atoms. The van der Waals surface area contributed by atoms with Crippen LogP contribution in [0.1, 0.15) is 29.2 Å². The minimum absolute atomic E-state index is 0.422. The molecule has 0 amide bonds. The third kappa shape index (κ3) is 1.40. The van der Waals surface area contributed by atoms with E-state index in [-0.39, 0.29) is 0 Å². The van der Waals surface area contributed by atoms with Crippen LogP contribution in [0.25, 0.3) is 0 Å². The Morgan fingerprint density at radius 1 is 1.38 bits per heavy atom. The first-order valence-electron chi connectivity index (χ1n) is 4.53. The van der Waals surface area contributed by atoms with Gasteiger partial charge >= 0.3 is 0 Å². The topological polar surface area (TPSA) is 49.6 Å². The van der Waals surface area contributed by atoms with Crippen molar-refractivity contribution < 1.29 is 0 Å². The predicted molar refractivity (Wildman–Crippen MR) is 48.1 cm³/mol. The number of aromatic nitrogens is 2. The number of hydrogen-bond acceptors (Lipinski definition) is 3. The van der Waals surface area contributed by atoms with Crippen LogP contribution in [0, 0.1) is 18.3 Å². The first-order chi connectivity index (χ1) is 6.31. The molecule has 1 aromatic rings. The zero-order valence-electron chi connectivity index (χ0n) is 7.67. The maximum Gasteiger partial charge on any atom is 0.125 e. The van der Waals surface area contributed by atoms with Crippen molar-refractivity contribution in [3.63, 3.8) is 0 Å². The molecule has 0 radical (unpaired) electrons. The van der Waals surface area contributed by atoms with Gasteiger partial charge in [0, 0.05) is 5.69 Å². The van der Waals surface area contributed by atoms with Crippen LogP contribution >= 0.6 is 0 Å². The van der Waals surface area contributed by atoms with E-state index in [4.69, 9.17) is 5.26 Å². The second-order valence-electron chi connectivity index (χ2n) is 3.33. The summed E-state index contributed by atoms with van der Waals surface area (Å²) in [5.74, 6) is 0.797. The molecule has 1 aliphatic carbocycles. The van der Waals surface area contributed by atoms with Gasteiger partial charge < -0.3 is 0 Å². The van der Waals surface area contributed by atoms with Gasteiger partial charge in [-0.25, -0.2) is 9.97 Å². The normalized spacial score (nSPS) is 13.8. The van der Waals surface area contributed by atoms with E-state index in [1.165, 1.54) is 5.56 Å². The lowest BCUT2D eigenvalue weighted by molar-refractivity contribution is 0.895. The molecule has 0 spiro atoms. The monoisotopic (exact) mass is 173 g/mol. The molecule has 1 heterocycles. The summed E-state index contributed by atoms with van der Waals surface area (Å²) in [6.07, 6.45) is 3.68. The van der Waals surface area contributed by atoms with E-state index in [1.807, 2.05) is 6.92 Å². The van der Waals surface area contributed by atoms with E-state index in [0.717, 1.165) is 36.5 Å². The van der Waals surface area contributed by atoms with Crippen molar-refractivity contribution in [3.05, 3.63) is 22.8 Å². The van der Waals surface area contributed by atoms with Gasteiger partial charge in [-0.3, -0.25) is 0 Å². The van der Waals surface area contributed by atoms with Crippen molar-refractivity contribution in [2.45, 2.75) is 32.6 Å². The van der Waals surface area contributed by atoms with Crippen molar-refractivity contribution in [2.24, 2.45) is 0 Å². The molecule has 1 aliphatic rings. The summed E-state index contributed by atoms with van der Waals surface area (Å²) < 4.78 is 0. The molecule has 0 saturated carbocycles. The van der Waals surface area contributed by atoms with E-state index < -0.39 is 0 Å². The van der Waals surface area contributed by atoms with Gasteiger partial charge in [0.05, 0.1) is 18.2 Å². The zero-order valence-corrected chi connectivity index (χ0v) is 7.67. The minimum Gasteiger partial charge on any atom is -0.238 e. The highest BCUT2D eigenvalue weighted by atomic mass is 14.9. The fourth-order valence-corrected chi connectivity index (χ4v) is 1.87. The molecule has 0 atom stereocenters. The van der Waals surface area contributed by atoms with E-state index in [9.17, 15) is 0 Å². The lowest BCUT2D eigenvalue weighted by Crippen LogP contribution is -2.02. The fraction of sp³-hybridized carbons (Fsp3) is 0.500. The Labute approximate surface area is 77.4 Å². The molecule has 3 heteroatoms. The Balaban J connectivity index is 2.50. The SMILES string of the molecule is Cc1nc(CC#N)c2c(n1)CCC2. The molecule has 1 aromatic heterocycles. The highest BCUT2D eigenvalue weighted by Crippen LogP contribution is 2.22. The fourth-order valence-electron chi connectivity index (χ4n) is 1.87. The number of fused-ring (bicyclic) bond motifs is 1. The lowest BCUT2D eigenvalue weighted by Gasteiger charge is -2.04. The van der Waals surface area contributed by atoms with E-state index in [0.29, 0.717) is 6.42 Å². The summed E-state index contributed by atoms with van der Waals surface area (Å²) in [6.45, 7) is 1.89. The minimum atomic E-state index is 0.422. The van der Waals surface area contributed by atoms with Gasteiger partial charge in [-0.1, -0.05) is 0 Å². The maximum absolute atomic E-state index is 8.63. The van der Waals surface area contributed by atoms with Crippen molar-refractivity contribution >= 4 is 0 Å². The zero-order chi connectivity index (χ0) is 9.26.